The maximum absolute atomic E-state index is 10.1. The number of hydrogen-bond donors (Lipinski definition) is 2. The highest BCUT2D eigenvalue weighted by molar-refractivity contribution is 5.72. The highest BCUT2D eigenvalue weighted by Gasteiger charge is 2.11. The van der Waals surface area contributed by atoms with Crippen LogP contribution in [0.4, 0.5) is 0 Å². The number of phenols is 1. The lowest BCUT2D eigenvalue weighted by Gasteiger charge is -2.11. The van der Waals surface area contributed by atoms with Gasteiger partial charge in [-0.3, -0.25) is 0 Å². The van der Waals surface area contributed by atoms with Gasteiger partial charge in [0.15, 0.2) is 0 Å². The van der Waals surface area contributed by atoms with Crippen LogP contribution < -0.4 is 0 Å². The molecule has 94 valence electrons. The average molecular weight is 244 g/mol. The molecule has 0 fully saturated rings. The van der Waals surface area contributed by atoms with E-state index in [2.05, 4.69) is 0 Å². The molecular weight excluding hydrogens is 228 g/mol. The van der Waals surface area contributed by atoms with Gasteiger partial charge in [-0.25, -0.2) is 0 Å². The van der Waals surface area contributed by atoms with Crippen molar-refractivity contribution in [2.45, 2.75) is 13.2 Å². The number of aliphatic hydroxyl groups excluding tert-OH is 1. The molecule has 3 heteroatoms. The van der Waals surface area contributed by atoms with Crippen LogP contribution in [0.25, 0.3) is 11.1 Å². The fourth-order valence-corrected chi connectivity index (χ4v) is 1.97. The van der Waals surface area contributed by atoms with Gasteiger partial charge in [0.1, 0.15) is 5.75 Å². The fourth-order valence-electron chi connectivity index (χ4n) is 1.97. The van der Waals surface area contributed by atoms with Crippen LogP contribution in [0.2, 0.25) is 0 Å². The molecule has 18 heavy (non-hydrogen) atoms. The van der Waals surface area contributed by atoms with E-state index in [4.69, 9.17) is 4.74 Å². The van der Waals surface area contributed by atoms with Gasteiger partial charge in [-0.05, 0) is 23.3 Å². The molecule has 0 heterocycles. The SMILES string of the molecule is COCc1cc(CO)c(O)c(-c2ccccc2)c1. The Bertz CT molecular complexity index is 521. The predicted octanol–water partition coefficient (Wildman–Crippen LogP) is 2.70. The third-order valence-electron chi connectivity index (χ3n) is 2.81. The molecule has 0 aliphatic heterocycles. The molecule has 2 rings (SSSR count). The molecular formula is C15H16O3. The maximum Gasteiger partial charge on any atom is 0.128 e. The summed E-state index contributed by atoms with van der Waals surface area (Å²) in [6.07, 6.45) is 0. The minimum atomic E-state index is -0.191. The van der Waals surface area contributed by atoms with Gasteiger partial charge >= 0.3 is 0 Å². The van der Waals surface area contributed by atoms with Crippen LogP contribution >= 0.6 is 0 Å². The molecule has 0 saturated heterocycles. The number of aliphatic hydroxyl groups is 1. The van der Waals surface area contributed by atoms with E-state index in [1.165, 1.54) is 0 Å². The van der Waals surface area contributed by atoms with Crippen molar-refractivity contribution in [3.63, 3.8) is 0 Å². The molecule has 2 N–H and O–H groups in total. The van der Waals surface area contributed by atoms with E-state index in [0.717, 1.165) is 11.1 Å². The summed E-state index contributed by atoms with van der Waals surface area (Å²) >= 11 is 0. The Kier molecular flexibility index (Phi) is 3.97. The Morgan fingerprint density at radius 1 is 1.11 bits per heavy atom. The van der Waals surface area contributed by atoms with E-state index in [-0.39, 0.29) is 12.4 Å². The predicted molar refractivity (Wildman–Crippen MR) is 70.2 cm³/mol. The van der Waals surface area contributed by atoms with Gasteiger partial charge in [-0.2, -0.15) is 0 Å². The maximum atomic E-state index is 10.1. The van der Waals surface area contributed by atoms with Crippen molar-refractivity contribution in [1.29, 1.82) is 0 Å². The molecule has 0 bridgehead atoms. The van der Waals surface area contributed by atoms with Crippen LogP contribution in [0, 0.1) is 0 Å². The molecule has 0 aromatic heterocycles. The van der Waals surface area contributed by atoms with Crippen LogP contribution in [0.3, 0.4) is 0 Å². The van der Waals surface area contributed by atoms with Crippen LogP contribution in [0.5, 0.6) is 5.75 Å². The summed E-state index contributed by atoms with van der Waals surface area (Å²) in [7, 11) is 1.62. The third-order valence-corrected chi connectivity index (χ3v) is 2.81. The number of methoxy groups -OCH3 is 1. The second-order valence-electron chi connectivity index (χ2n) is 4.11. The molecule has 2 aromatic rings. The first-order chi connectivity index (χ1) is 8.76. The summed E-state index contributed by atoms with van der Waals surface area (Å²) in [6, 6.07) is 13.2. The van der Waals surface area contributed by atoms with Crippen molar-refractivity contribution >= 4 is 0 Å². The zero-order valence-corrected chi connectivity index (χ0v) is 10.3. The van der Waals surface area contributed by atoms with Gasteiger partial charge in [0.2, 0.25) is 0 Å². The van der Waals surface area contributed by atoms with Crippen molar-refractivity contribution in [1.82, 2.24) is 0 Å². The van der Waals surface area contributed by atoms with Crippen molar-refractivity contribution in [3.8, 4) is 16.9 Å². The molecule has 0 aliphatic rings. The number of ether oxygens (including phenoxy) is 1. The molecule has 2 aromatic carbocycles. The van der Waals surface area contributed by atoms with Gasteiger partial charge in [0, 0.05) is 18.2 Å². The van der Waals surface area contributed by atoms with Gasteiger partial charge < -0.3 is 14.9 Å². The summed E-state index contributed by atoms with van der Waals surface area (Å²) in [5.74, 6) is 0.128. The van der Waals surface area contributed by atoms with Crippen LogP contribution in [0.15, 0.2) is 42.5 Å². The van der Waals surface area contributed by atoms with Gasteiger partial charge in [-0.15, -0.1) is 0 Å². The smallest absolute Gasteiger partial charge is 0.128 e. The quantitative estimate of drug-likeness (QED) is 0.869. The van der Waals surface area contributed by atoms with Crippen molar-refractivity contribution in [2.24, 2.45) is 0 Å². The molecule has 0 saturated carbocycles. The first-order valence-electron chi connectivity index (χ1n) is 5.76. The minimum absolute atomic E-state index is 0.128. The Hall–Kier alpha value is -1.84. The van der Waals surface area contributed by atoms with E-state index in [0.29, 0.717) is 17.7 Å². The third kappa shape index (κ3) is 2.53. The lowest BCUT2D eigenvalue weighted by atomic mass is 9.98. The van der Waals surface area contributed by atoms with Crippen molar-refractivity contribution < 1.29 is 14.9 Å². The highest BCUT2D eigenvalue weighted by Crippen LogP contribution is 2.33. The van der Waals surface area contributed by atoms with Crippen molar-refractivity contribution in [3.05, 3.63) is 53.6 Å². The Morgan fingerprint density at radius 2 is 1.83 bits per heavy atom. The van der Waals surface area contributed by atoms with Gasteiger partial charge in [0.05, 0.1) is 13.2 Å². The normalized spacial score (nSPS) is 10.6. The Labute approximate surface area is 106 Å². The number of aromatic hydroxyl groups is 1. The Balaban J connectivity index is 2.55. The average Bonchev–Trinajstić information content (AvgIpc) is 2.42. The second kappa shape index (κ2) is 5.67. The van der Waals surface area contributed by atoms with E-state index in [9.17, 15) is 10.2 Å². The monoisotopic (exact) mass is 244 g/mol. The molecule has 0 unspecified atom stereocenters. The summed E-state index contributed by atoms with van der Waals surface area (Å²) < 4.78 is 5.09. The lowest BCUT2D eigenvalue weighted by molar-refractivity contribution is 0.184. The zero-order chi connectivity index (χ0) is 13.0. The minimum Gasteiger partial charge on any atom is -0.507 e. The van der Waals surface area contributed by atoms with Crippen LogP contribution in [-0.4, -0.2) is 17.3 Å². The molecule has 0 aliphatic carbocycles. The van der Waals surface area contributed by atoms with Crippen molar-refractivity contribution in [2.75, 3.05) is 7.11 Å². The fraction of sp³-hybridized carbons (Fsp3) is 0.200. The van der Waals surface area contributed by atoms with Gasteiger partial charge in [0.25, 0.3) is 0 Å². The Morgan fingerprint density at radius 3 is 2.44 bits per heavy atom. The lowest BCUT2D eigenvalue weighted by Crippen LogP contribution is -1.94. The van der Waals surface area contributed by atoms with E-state index in [1.54, 1.807) is 13.2 Å². The van der Waals surface area contributed by atoms with E-state index < -0.39 is 0 Å². The van der Waals surface area contributed by atoms with Gasteiger partial charge in [-0.1, -0.05) is 30.3 Å². The molecule has 0 atom stereocenters. The van der Waals surface area contributed by atoms with E-state index >= 15 is 0 Å². The van der Waals surface area contributed by atoms with Crippen LogP contribution in [0.1, 0.15) is 11.1 Å². The number of rotatable bonds is 4. The number of hydrogen-bond acceptors (Lipinski definition) is 3. The first kappa shape index (κ1) is 12.6. The van der Waals surface area contributed by atoms with Crippen LogP contribution in [-0.2, 0) is 18.0 Å². The molecule has 0 spiro atoms. The summed E-state index contributed by atoms with van der Waals surface area (Å²) in [5.41, 5.74) is 3.08. The second-order valence-corrected chi connectivity index (χ2v) is 4.11. The molecule has 0 radical (unpaired) electrons. The first-order valence-corrected chi connectivity index (χ1v) is 5.76. The van der Waals surface area contributed by atoms with E-state index in [1.807, 2.05) is 36.4 Å². The largest absolute Gasteiger partial charge is 0.507 e. The molecule has 3 nitrogen and oxygen atoms in total. The standard InChI is InChI=1S/C15H16O3/c1-18-10-11-7-13(9-16)15(17)14(8-11)12-5-3-2-4-6-12/h2-8,16-17H,9-10H2,1H3. The summed E-state index contributed by atoms with van der Waals surface area (Å²) in [6.45, 7) is 0.260. The summed E-state index contributed by atoms with van der Waals surface area (Å²) in [5, 5.41) is 19.4. The molecule has 0 amide bonds. The zero-order valence-electron chi connectivity index (χ0n) is 10.3. The number of benzene rings is 2. The summed E-state index contributed by atoms with van der Waals surface area (Å²) in [4.78, 5) is 0. The topological polar surface area (TPSA) is 49.7 Å². The highest BCUT2D eigenvalue weighted by atomic mass is 16.5.